The quantitative estimate of drug-likeness (QED) is 0.305. The molecule has 5 atom stereocenters. The van der Waals surface area contributed by atoms with Gasteiger partial charge >= 0.3 is 6.18 Å². The molecule has 1 aliphatic rings. The number of ether oxygens (including phenoxy) is 1. The van der Waals surface area contributed by atoms with Crippen LogP contribution in [0.3, 0.4) is 0 Å². The Kier molecular flexibility index (Phi) is 7.44. The summed E-state index contributed by atoms with van der Waals surface area (Å²) in [5, 5.41) is 40.7. The van der Waals surface area contributed by atoms with Gasteiger partial charge in [-0.1, -0.05) is 23.7 Å². The molecule has 212 valence electrons. The number of nitrogens with zero attached hydrogens (tertiary/aromatic N) is 5. The van der Waals surface area contributed by atoms with Gasteiger partial charge < -0.3 is 20.1 Å². The summed E-state index contributed by atoms with van der Waals surface area (Å²) in [6.45, 7) is 2.38. The molecular weight excluding hydrogens is 558 g/mol. The van der Waals surface area contributed by atoms with Gasteiger partial charge in [-0.25, -0.2) is 14.1 Å². The molecule has 1 fully saturated rings. The molecule has 0 bridgehead atoms. The number of aliphatic hydroxyl groups excluding tert-OH is 3. The van der Waals surface area contributed by atoms with E-state index in [2.05, 4.69) is 15.2 Å². The number of rotatable bonds is 5. The number of benzene rings is 2. The van der Waals surface area contributed by atoms with Crippen LogP contribution in [-0.4, -0.2) is 64.8 Å². The molecule has 0 saturated carbocycles. The minimum atomic E-state index is -4.77. The Hall–Kier alpha value is -3.36. The molecular formula is C26H24ClF4N5O4. The van der Waals surface area contributed by atoms with Gasteiger partial charge in [0.15, 0.2) is 5.82 Å². The van der Waals surface area contributed by atoms with Gasteiger partial charge in [-0.2, -0.15) is 23.4 Å². The average molecular weight is 582 g/mol. The monoisotopic (exact) mass is 581 g/mol. The van der Waals surface area contributed by atoms with Crippen LogP contribution in [0.25, 0.3) is 16.8 Å². The van der Waals surface area contributed by atoms with Crippen LogP contribution in [0, 0.1) is 19.7 Å². The maximum atomic E-state index is 14.1. The number of aliphatic hydroxyl groups is 3. The molecule has 2 aromatic carbocycles. The first-order valence-electron chi connectivity index (χ1n) is 12.1. The Morgan fingerprint density at radius 3 is 2.48 bits per heavy atom. The number of halogens is 5. The van der Waals surface area contributed by atoms with Crippen LogP contribution in [0.4, 0.5) is 17.6 Å². The second kappa shape index (κ2) is 10.6. The zero-order valence-electron chi connectivity index (χ0n) is 21.1. The molecule has 0 aliphatic carbocycles. The minimum Gasteiger partial charge on any atom is -0.394 e. The zero-order chi connectivity index (χ0) is 28.9. The van der Waals surface area contributed by atoms with Crippen molar-refractivity contribution in [3.63, 3.8) is 0 Å². The molecule has 0 radical (unpaired) electrons. The number of aromatic nitrogens is 5. The minimum absolute atomic E-state index is 0.00496. The van der Waals surface area contributed by atoms with E-state index in [1.54, 1.807) is 19.1 Å². The lowest BCUT2D eigenvalue weighted by Gasteiger charge is -2.42. The molecule has 1 saturated heterocycles. The molecule has 14 heteroatoms. The lowest BCUT2D eigenvalue weighted by Crippen LogP contribution is -2.53. The fourth-order valence-electron chi connectivity index (χ4n) is 4.76. The van der Waals surface area contributed by atoms with E-state index in [-0.39, 0.29) is 16.7 Å². The second-order valence-corrected chi connectivity index (χ2v) is 9.95. The third kappa shape index (κ3) is 5.10. The summed E-state index contributed by atoms with van der Waals surface area (Å²) in [6.07, 6.45) is -7.69. The smallest absolute Gasteiger partial charge is 0.394 e. The van der Waals surface area contributed by atoms with Crippen LogP contribution in [0.5, 0.6) is 0 Å². The molecule has 0 spiro atoms. The van der Waals surface area contributed by atoms with E-state index < -0.39 is 60.3 Å². The van der Waals surface area contributed by atoms with Crippen molar-refractivity contribution in [2.45, 2.75) is 50.5 Å². The molecule has 5 rings (SSSR count). The molecule has 1 aliphatic heterocycles. The van der Waals surface area contributed by atoms with Crippen molar-refractivity contribution in [3.8, 4) is 16.8 Å². The predicted molar refractivity (Wildman–Crippen MR) is 134 cm³/mol. The van der Waals surface area contributed by atoms with Crippen molar-refractivity contribution < 1.29 is 37.6 Å². The van der Waals surface area contributed by atoms with Crippen molar-refractivity contribution in [1.82, 2.24) is 24.5 Å². The van der Waals surface area contributed by atoms with Gasteiger partial charge in [-0.3, -0.25) is 4.68 Å². The van der Waals surface area contributed by atoms with Crippen LogP contribution in [0.2, 0.25) is 5.02 Å². The van der Waals surface area contributed by atoms with E-state index in [1.165, 1.54) is 30.1 Å². The van der Waals surface area contributed by atoms with Crippen LogP contribution < -0.4 is 0 Å². The maximum absolute atomic E-state index is 14.1. The normalized spacial score (nSPS) is 23.5. The highest BCUT2D eigenvalue weighted by atomic mass is 35.5. The Bertz CT molecular complexity index is 1540. The first kappa shape index (κ1) is 28.2. The zero-order valence-corrected chi connectivity index (χ0v) is 21.8. The van der Waals surface area contributed by atoms with E-state index in [9.17, 15) is 32.9 Å². The van der Waals surface area contributed by atoms with Crippen LogP contribution in [0.15, 0.2) is 48.8 Å². The van der Waals surface area contributed by atoms with E-state index in [4.69, 9.17) is 16.3 Å². The highest BCUT2D eigenvalue weighted by Crippen LogP contribution is 2.41. The maximum Gasteiger partial charge on any atom is 0.418 e. The van der Waals surface area contributed by atoms with Crippen LogP contribution >= 0.6 is 11.6 Å². The van der Waals surface area contributed by atoms with Gasteiger partial charge in [0, 0.05) is 16.8 Å². The summed E-state index contributed by atoms with van der Waals surface area (Å²) in [5.41, 5.74) is -0.0674. The fourth-order valence-corrected chi connectivity index (χ4v) is 4.93. The van der Waals surface area contributed by atoms with Crippen molar-refractivity contribution in [2.24, 2.45) is 0 Å². The standard InChI is InChI=1S/C26H24ClF4N5O4/c1-12-3-4-14(7-18(12)28)15-9-32-35(10-15)21-22(38)20(11-37)40-24(23(21)39)25-33-13(2)34-36(25)19-8-16(27)5-6-17(19)26(29,30)31/h3-10,20-24,37-39H,11H2,1-2H3/t20?,21-,22-,23?,24+/m0/s1. The molecule has 40 heavy (non-hydrogen) atoms. The number of hydrogen-bond acceptors (Lipinski definition) is 7. The third-order valence-electron chi connectivity index (χ3n) is 6.79. The predicted octanol–water partition coefficient (Wildman–Crippen LogP) is 3.95. The third-order valence-corrected chi connectivity index (χ3v) is 7.03. The summed E-state index contributed by atoms with van der Waals surface area (Å²) in [6, 6.07) is 6.33. The van der Waals surface area contributed by atoms with Gasteiger partial charge in [-0.15, -0.1) is 0 Å². The summed E-state index contributed by atoms with van der Waals surface area (Å²) >= 11 is 6.02. The van der Waals surface area contributed by atoms with Crippen molar-refractivity contribution >= 4 is 11.6 Å². The van der Waals surface area contributed by atoms with Crippen LogP contribution in [-0.2, 0) is 10.9 Å². The topological polar surface area (TPSA) is 118 Å². The Balaban J connectivity index is 1.58. The molecule has 9 nitrogen and oxygen atoms in total. The fraction of sp³-hybridized carbons (Fsp3) is 0.346. The summed E-state index contributed by atoms with van der Waals surface area (Å²) in [7, 11) is 0. The lowest BCUT2D eigenvalue weighted by molar-refractivity contribution is -0.210. The van der Waals surface area contributed by atoms with E-state index in [0.29, 0.717) is 16.7 Å². The molecule has 3 heterocycles. The van der Waals surface area contributed by atoms with Crippen molar-refractivity contribution in [1.29, 1.82) is 0 Å². The Morgan fingerprint density at radius 1 is 1.05 bits per heavy atom. The first-order chi connectivity index (χ1) is 18.9. The molecule has 2 aromatic heterocycles. The molecule has 0 amide bonds. The Morgan fingerprint density at radius 2 is 1.80 bits per heavy atom. The first-order valence-corrected chi connectivity index (χ1v) is 12.5. The largest absolute Gasteiger partial charge is 0.418 e. The highest BCUT2D eigenvalue weighted by molar-refractivity contribution is 6.30. The van der Waals surface area contributed by atoms with Gasteiger partial charge in [0.25, 0.3) is 0 Å². The molecule has 2 unspecified atom stereocenters. The van der Waals surface area contributed by atoms with Gasteiger partial charge in [0.2, 0.25) is 0 Å². The molecule has 3 N–H and O–H groups in total. The highest BCUT2D eigenvalue weighted by Gasteiger charge is 2.48. The average Bonchev–Trinajstić information content (AvgIpc) is 3.52. The van der Waals surface area contributed by atoms with Crippen molar-refractivity contribution in [2.75, 3.05) is 6.61 Å². The second-order valence-electron chi connectivity index (χ2n) is 9.51. The number of aryl methyl sites for hydroxylation is 2. The van der Waals surface area contributed by atoms with Gasteiger partial charge in [0.05, 0.1) is 24.1 Å². The summed E-state index contributed by atoms with van der Waals surface area (Å²) < 4.78 is 63.7. The Labute approximate surface area is 230 Å². The van der Waals surface area contributed by atoms with Crippen molar-refractivity contribution in [3.05, 3.63) is 82.4 Å². The lowest BCUT2D eigenvalue weighted by atomic mass is 9.92. The molecule has 4 aromatic rings. The summed E-state index contributed by atoms with van der Waals surface area (Å²) in [5.74, 6) is -0.559. The van der Waals surface area contributed by atoms with Gasteiger partial charge in [-0.05, 0) is 49.2 Å². The van der Waals surface area contributed by atoms with E-state index in [1.807, 2.05) is 0 Å². The number of hydrogen-bond donors (Lipinski definition) is 3. The van der Waals surface area contributed by atoms with Crippen LogP contribution in [0.1, 0.15) is 34.9 Å². The SMILES string of the molecule is Cc1nc([C@@H]2OC(CO)[C@H](O)[C@H](n3cc(-c4ccc(C)c(F)c4)cn3)C2O)n(-c2cc(Cl)ccc2C(F)(F)F)n1. The van der Waals surface area contributed by atoms with E-state index >= 15 is 0 Å². The number of alkyl halides is 3. The summed E-state index contributed by atoms with van der Waals surface area (Å²) in [4.78, 5) is 4.23. The van der Waals surface area contributed by atoms with Gasteiger partial charge in [0.1, 0.15) is 42.1 Å². The van der Waals surface area contributed by atoms with E-state index in [0.717, 1.165) is 22.9 Å².